The summed E-state index contributed by atoms with van der Waals surface area (Å²) in [6, 6.07) is 14.2. The fraction of sp³-hybridized carbons (Fsp3) is 0.118. The molecule has 1 aliphatic rings. The molecule has 1 unspecified atom stereocenters. The van der Waals surface area contributed by atoms with Gasteiger partial charge in [0.05, 0.1) is 11.2 Å². The highest BCUT2D eigenvalue weighted by atomic mass is 19.1. The molecule has 1 amide bonds. The van der Waals surface area contributed by atoms with Gasteiger partial charge in [0.1, 0.15) is 5.82 Å². The Hall–Kier alpha value is -2.66. The Morgan fingerprint density at radius 3 is 2.82 bits per heavy atom. The molecule has 1 aliphatic heterocycles. The molecule has 1 aromatic heterocycles. The lowest BCUT2D eigenvalue weighted by Gasteiger charge is -2.16. The van der Waals surface area contributed by atoms with Gasteiger partial charge in [-0.2, -0.15) is 0 Å². The quantitative estimate of drug-likeness (QED) is 0.725. The minimum absolute atomic E-state index is 0.272. The second kappa shape index (κ2) is 4.68. The van der Waals surface area contributed by atoms with Gasteiger partial charge in [0, 0.05) is 17.5 Å². The zero-order chi connectivity index (χ0) is 15.3. The Morgan fingerprint density at radius 1 is 1.18 bits per heavy atom. The smallest absolute Gasteiger partial charge is 0.258 e. The van der Waals surface area contributed by atoms with Crippen molar-refractivity contribution in [3.63, 3.8) is 0 Å². The number of carbonyl (C=O) groups excluding carboxylic acids is 1. The first-order chi connectivity index (χ1) is 10.7. The number of nitrogens with zero attached hydrogens (tertiary/aromatic N) is 1. The molecule has 0 bridgehead atoms. The van der Waals surface area contributed by atoms with Gasteiger partial charge in [-0.05, 0) is 23.8 Å². The summed E-state index contributed by atoms with van der Waals surface area (Å²) in [6.45, 7) is 0.421. The van der Waals surface area contributed by atoms with Gasteiger partial charge in [-0.25, -0.2) is 4.39 Å². The average molecular weight is 295 g/mol. The van der Waals surface area contributed by atoms with Crippen molar-refractivity contribution in [2.24, 2.45) is 5.73 Å². The largest absolute Gasteiger partial charge is 0.349 e. The molecule has 2 aromatic carbocycles. The maximum Gasteiger partial charge on any atom is 0.258 e. The van der Waals surface area contributed by atoms with Crippen LogP contribution in [0.4, 0.5) is 4.39 Å². The summed E-state index contributed by atoms with van der Waals surface area (Å²) < 4.78 is 15.9. The van der Waals surface area contributed by atoms with Gasteiger partial charge in [0.25, 0.3) is 5.91 Å². The van der Waals surface area contributed by atoms with Crippen LogP contribution in [-0.4, -0.2) is 10.5 Å². The molecule has 5 heteroatoms. The highest BCUT2D eigenvalue weighted by molar-refractivity contribution is 5.94. The number of para-hydroxylation sites is 1. The standard InChI is InChI=1S/C17H14FN3O/c18-13-7-2-1-6-12(13)14-8-10-4-3-5-11-9-20-17(22)16(19)21(14)15(10)11/h1-8,16H,9,19H2,(H,20,22). The third-order valence-corrected chi connectivity index (χ3v) is 4.09. The minimum Gasteiger partial charge on any atom is -0.349 e. The number of benzene rings is 2. The monoisotopic (exact) mass is 295 g/mol. The molecule has 4 nitrogen and oxygen atoms in total. The number of hydrogen-bond acceptors (Lipinski definition) is 2. The van der Waals surface area contributed by atoms with Gasteiger partial charge in [-0.1, -0.05) is 30.3 Å². The number of rotatable bonds is 1. The average Bonchev–Trinajstić information content (AvgIpc) is 2.86. The summed E-state index contributed by atoms with van der Waals surface area (Å²) in [5, 5.41) is 3.75. The SMILES string of the molecule is NC1C(=O)NCc2cccc3cc(-c4ccccc4F)n1c23. The van der Waals surface area contributed by atoms with Gasteiger partial charge in [0.15, 0.2) is 6.17 Å². The number of nitrogens with one attached hydrogen (secondary N) is 1. The van der Waals surface area contributed by atoms with Crippen LogP contribution in [0.5, 0.6) is 0 Å². The summed E-state index contributed by atoms with van der Waals surface area (Å²) in [5.74, 6) is -0.605. The van der Waals surface area contributed by atoms with Crippen LogP contribution in [0.1, 0.15) is 11.7 Å². The summed E-state index contributed by atoms with van der Waals surface area (Å²) >= 11 is 0. The van der Waals surface area contributed by atoms with E-state index in [1.807, 2.05) is 24.3 Å². The van der Waals surface area contributed by atoms with Crippen molar-refractivity contribution in [3.8, 4) is 11.3 Å². The number of amides is 1. The molecular weight excluding hydrogens is 281 g/mol. The highest BCUT2D eigenvalue weighted by Gasteiger charge is 2.26. The first kappa shape index (κ1) is 13.0. The highest BCUT2D eigenvalue weighted by Crippen LogP contribution is 2.34. The topological polar surface area (TPSA) is 60.1 Å². The summed E-state index contributed by atoms with van der Waals surface area (Å²) in [5.41, 5.74) is 9.02. The van der Waals surface area contributed by atoms with Gasteiger partial charge >= 0.3 is 0 Å². The summed E-state index contributed by atoms with van der Waals surface area (Å²) in [7, 11) is 0. The van der Waals surface area contributed by atoms with Crippen molar-refractivity contribution in [2.45, 2.75) is 12.7 Å². The van der Waals surface area contributed by atoms with Crippen LogP contribution >= 0.6 is 0 Å². The molecule has 0 spiro atoms. The number of nitrogens with two attached hydrogens (primary N) is 1. The van der Waals surface area contributed by atoms with Gasteiger partial charge < -0.3 is 15.6 Å². The minimum atomic E-state index is -0.879. The fourth-order valence-corrected chi connectivity index (χ4v) is 3.07. The second-order valence-corrected chi connectivity index (χ2v) is 5.40. The maximum absolute atomic E-state index is 14.2. The zero-order valence-electron chi connectivity index (χ0n) is 11.7. The van der Waals surface area contributed by atoms with Gasteiger partial charge in [-0.3, -0.25) is 4.79 Å². The van der Waals surface area contributed by atoms with Crippen LogP contribution in [0, 0.1) is 5.82 Å². The molecule has 0 saturated heterocycles. The summed E-state index contributed by atoms with van der Waals surface area (Å²) in [6.07, 6.45) is -0.879. The number of carbonyl (C=O) groups is 1. The Balaban J connectivity index is 2.11. The predicted molar refractivity (Wildman–Crippen MR) is 82.4 cm³/mol. The molecule has 110 valence electrons. The van der Waals surface area contributed by atoms with Crippen molar-refractivity contribution in [1.82, 2.24) is 9.88 Å². The lowest BCUT2D eigenvalue weighted by atomic mass is 10.1. The molecular formula is C17H14FN3O. The Bertz CT molecular complexity index is 900. The molecule has 0 radical (unpaired) electrons. The molecule has 0 aliphatic carbocycles. The first-order valence-electron chi connectivity index (χ1n) is 7.08. The number of aromatic nitrogens is 1. The molecule has 3 N–H and O–H groups in total. The Labute approximate surface area is 126 Å². The fourth-order valence-electron chi connectivity index (χ4n) is 3.07. The second-order valence-electron chi connectivity index (χ2n) is 5.40. The van der Waals surface area contributed by atoms with E-state index in [9.17, 15) is 9.18 Å². The van der Waals surface area contributed by atoms with E-state index in [4.69, 9.17) is 5.73 Å². The van der Waals surface area contributed by atoms with Crippen molar-refractivity contribution in [1.29, 1.82) is 0 Å². The van der Waals surface area contributed by atoms with Gasteiger partial charge in [-0.15, -0.1) is 0 Å². The zero-order valence-corrected chi connectivity index (χ0v) is 11.7. The molecule has 22 heavy (non-hydrogen) atoms. The van der Waals surface area contributed by atoms with E-state index in [-0.39, 0.29) is 11.7 Å². The molecule has 1 atom stereocenters. The van der Waals surface area contributed by atoms with Crippen LogP contribution in [0.15, 0.2) is 48.5 Å². The van der Waals surface area contributed by atoms with E-state index in [2.05, 4.69) is 5.32 Å². The Morgan fingerprint density at radius 2 is 2.00 bits per heavy atom. The van der Waals surface area contributed by atoms with Crippen molar-refractivity contribution >= 4 is 16.8 Å². The lowest BCUT2D eigenvalue weighted by molar-refractivity contribution is -0.124. The van der Waals surface area contributed by atoms with E-state index in [0.717, 1.165) is 16.5 Å². The predicted octanol–water partition coefficient (Wildman–Crippen LogP) is 2.53. The van der Waals surface area contributed by atoms with Crippen LogP contribution in [0.2, 0.25) is 0 Å². The van der Waals surface area contributed by atoms with E-state index in [1.54, 1.807) is 22.8 Å². The van der Waals surface area contributed by atoms with E-state index < -0.39 is 6.17 Å². The van der Waals surface area contributed by atoms with Crippen molar-refractivity contribution in [3.05, 3.63) is 59.9 Å². The molecule has 4 rings (SSSR count). The molecule has 3 aromatic rings. The van der Waals surface area contributed by atoms with Gasteiger partial charge in [0.2, 0.25) is 0 Å². The van der Waals surface area contributed by atoms with Crippen LogP contribution in [0.3, 0.4) is 0 Å². The van der Waals surface area contributed by atoms with Crippen LogP contribution in [-0.2, 0) is 11.3 Å². The first-order valence-corrected chi connectivity index (χ1v) is 7.08. The third kappa shape index (κ3) is 1.76. The van der Waals surface area contributed by atoms with Crippen molar-refractivity contribution < 1.29 is 9.18 Å². The Kier molecular flexibility index (Phi) is 2.77. The molecule has 2 heterocycles. The van der Waals surface area contributed by atoms with E-state index in [1.165, 1.54) is 6.07 Å². The maximum atomic E-state index is 14.2. The number of halogens is 1. The third-order valence-electron chi connectivity index (χ3n) is 4.09. The molecule has 0 saturated carbocycles. The van der Waals surface area contributed by atoms with E-state index in [0.29, 0.717) is 17.8 Å². The molecule has 0 fully saturated rings. The normalized spacial score (nSPS) is 17.4. The van der Waals surface area contributed by atoms with E-state index >= 15 is 0 Å². The van der Waals surface area contributed by atoms with Crippen LogP contribution < -0.4 is 11.1 Å². The van der Waals surface area contributed by atoms with Crippen molar-refractivity contribution in [2.75, 3.05) is 0 Å². The van der Waals surface area contributed by atoms with Crippen LogP contribution in [0.25, 0.3) is 22.2 Å². The number of hydrogen-bond donors (Lipinski definition) is 2. The summed E-state index contributed by atoms with van der Waals surface area (Å²) in [4.78, 5) is 12.1. The lowest BCUT2D eigenvalue weighted by Crippen LogP contribution is -2.35.